The van der Waals surface area contributed by atoms with Gasteiger partial charge in [0.1, 0.15) is 5.82 Å². The van der Waals surface area contributed by atoms with Crippen molar-refractivity contribution in [2.45, 2.75) is 19.9 Å². The van der Waals surface area contributed by atoms with Gasteiger partial charge in [-0.3, -0.25) is 0 Å². The number of hydrogen-bond acceptors (Lipinski definition) is 2. The molecule has 108 valence electrons. The fourth-order valence-electron chi connectivity index (χ4n) is 2.58. The number of nitrogens with zero attached hydrogens (tertiary/aromatic N) is 2. The Kier molecular flexibility index (Phi) is 4.31. The van der Waals surface area contributed by atoms with Gasteiger partial charge in [-0.1, -0.05) is 42.5 Å². The minimum atomic E-state index is 0.774. The molecule has 0 saturated carbocycles. The van der Waals surface area contributed by atoms with Gasteiger partial charge in [0, 0.05) is 25.3 Å². The summed E-state index contributed by atoms with van der Waals surface area (Å²) in [5.41, 5.74) is 3.39. The molecule has 2 aromatic carbocycles. The Balaban J connectivity index is 1.98. The smallest absolute Gasteiger partial charge is 0.141 e. The molecule has 0 aliphatic heterocycles. The first kappa shape index (κ1) is 13.8. The highest BCUT2D eigenvalue weighted by atomic mass is 16.5. The molecule has 0 spiro atoms. The summed E-state index contributed by atoms with van der Waals surface area (Å²) < 4.78 is 7.75. The summed E-state index contributed by atoms with van der Waals surface area (Å²) in [6.45, 7) is 4.51. The Morgan fingerprint density at radius 3 is 2.57 bits per heavy atom. The highest BCUT2D eigenvalue weighted by molar-refractivity contribution is 5.80. The highest BCUT2D eigenvalue weighted by Gasteiger charge is 2.11. The molecule has 0 aliphatic carbocycles. The summed E-state index contributed by atoms with van der Waals surface area (Å²) in [5.74, 6) is 1.04. The number of aryl methyl sites for hydroxylation is 1. The van der Waals surface area contributed by atoms with E-state index < -0.39 is 0 Å². The van der Waals surface area contributed by atoms with Crippen molar-refractivity contribution in [2.75, 3.05) is 13.2 Å². The number of fused-ring (bicyclic) bond motifs is 1. The van der Waals surface area contributed by atoms with Crippen molar-refractivity contribution in [3.63, 3.8) is 0 Å². The second-order valence-corrected chi connectivity index (χ2v) is 4.99. The zero-order valence-electron chi connectivity index (χ0n) is 12.3. The maximum Gasteiger partial charge on any atom is 0.141 e. The molecule has 0 amide bonds. The van der Waals surface area contributed by atoms with Crippen molar-refractivity contribution in [3.05, 3.63) is 54.6 Å². The quantitative estimate of drug-likeness (QED) is 0.635. The molecule has 0 saturated heterocycles. The van der Waals surface area contributed by atoms with Crippen molar-refractivity contribution < 1.29 is 4.74 Å². The summed E-state index contributed by atoms with van der Waals surface area (Å²) in [6.07, 6.45) is 0.994. The van der Waals surface area contributed by atoms with Crippen molar-refractivity contribution >= 4 is 11.0 Å². The molecule has 0 aliphatic rings. The van der Waals surface area contributed by atoms with Gasteiger partial charge in [0.25, 0.3) is 0 Å². The number of rotatable bonds is 6. The molecular weight excluding hydrogens is 260 g/mol. The molecule has 21 heavy (non-hydrogen) atoms. The molecule has 0 unspecified atom stereocenters. The van der Waals surface area contributed by atoms with Crippen molar-refractivity contribution in [1.82, 2.24) is 9.55 Å². The maximum absolute atomic E-state index is 5.46. The van der Waals surface area contributed by atoms with Crippen LogP contribution in [0.2, 0.25) is 0 Å². The third-order valence-corrected chi connectivity index (χ3v) is 3.56. The Morgan fingerprint density at radius 2 is 1.76 bits per heavy atom. The van der Waals surface area contributed by atoms with E-state index in [0.717, 1.165) is 43.1 Å². The zero-order valence-corrected chi connectivity index (χ0v) is 12.3. The molecule has 0 atom stereocenters. The molecule has 0 fully saturated rings. The second-order valence-electron chi connectivity index (χ2n) is 4.99. The summed E-state index contributed by atoms with van der Waals surface area (Å²) in [6, 6.07) is 18.7. The summed E-state index contributed by atoms with van der Waals surface area (Å²) in [5, 5.41) is 0. The first-order valence-electron chi connectivity index (χ1n) is 7.48. The topological polar surface area (TPSA) is 27.1 Å². The number of ether oxygens (including phenoxy) is 1. The lowest BCUT2D eigenvalue weighted by atomic mass is 10.2. The number of hydrogen-bond donors (Lipinski definition) is 0. The normalized spacial score (nSPS) is 11.1. The van der Waals surface area contributed by atoms with Crippen LogP contribution in [0.5, 0.6) is 0 Å². The van der Waals surface area contributed by atoms with Crippen LogP contribution in [0.4, 0.5) is 0 Å². The van der Waals surface area contributed by atoms with Gasteiger partial charge in [0.15, 0.2) is 0 Å². The number of benzene rings is 2. The van der Waals surface area contributed by atoms with E-state index in [2.05, 4.69) is 47.0 Å². The largest absolute Gasteiger partial charge is 0.382 e. The van der Waals surface area contributed by atoms with Gasteiger partial charge in [-0.15, -0.1) is 0 Å². The van der Waals surface area contributed by atoms with E-state index in [1.54, 1.807) is 0 Å². The first-order chi connectivity index (χ1) is 10.4. The van der Waals surface area contributed by atoms with Gasteiger partial charge in [-0.2, -0.15) is 0 Å². The van der Waals surface area contributed by atoms with Crippen LogP contribution in [0.25, 0.3) is 22.4 Å². The van der Waals surface area contributed by atoms with E-state index in [0.29, 0.717) is 0 Å². The Bertz CT molecular complexity index is 704. The van der Waals surface area contributed by atoms with Gasteiger partial charge in [0.05, 0.1) is 11.0 Å². The predicted molar refractivity (Wildman–Crippen MR) is 86.3 cm³/mol. The molecule has 1 aromatic heterocycles. The van der Waals surface area contributed by atoms with Gasteiger partial charge in [-0.05, 0) is 25.5 Å². The van der Waals surface area contributed by atoms with Crippen molar-refractivity contribution in [3.8, 4) is 11.4 Å². The van der Waals surface area contributed by atoms with Crippen LogP contribution in [0, 0.1) is 0 Å². The fourth-order valence-corrected chi connectivity index (χ4v) is 2.58. The second kappa shape index (κ2) is 6.55. The van der Waals surface area contributed by atoms with Crippen molar-refractivity contribution in [2.24, 2.45) is 0 Å². The molecule has 3 aromatic rings. The first-order valence-corrected chi connectivity index (χ1v) is 7.48. The standard InChI is InChI=1S/C18H20N2O/c1-2-21-14-8-13-20-17-12-7-6-11-16(17)19-18(20)15-9-4-3-5-10-15/h3-7,9-12H,2,8,13-14H2,1H3. The van der Waals surface area contributed by atoms with E-state index >= 15 is 0 Å². The lowest BCUT2D eigenvalue weighted by Crippen LogP contribution is -2.04. The zero-order chi connectivity index (χ0) is 14.5. The molecule has 1 heterocycles. The lowest BCUT2D eigenvalue weighted by Gasteiger charge is -2.09. The lowest BCUT2D eigenvalue weighted by molar-refractivity contribution is 0.142. The van der Waals surface area contributed by atoms with Gasteiger partial charge < -0.3 is 9.30 Å². The molecule has 0 bridgehead atoms. The molecular formula is C18H20N2O. The number of para-hydroxylation sites is 2. The van der Waals surface area contributed by atoms with Crippen molar-refractivity contribution in [1.29, 1.82) is 0 Å². The summed E-state index contributed by atoms with van der Waals surface area (Å²) in [4.78, 5) is 4.80. The van der Waals surface area contributed by atoms with E-state index in [9.17, 15) is 0 Å². The van der Waals surface area contributed by atoms with Crippen LogP contribution >= 0.6 is 0 Å². The van der Waals surface area contributed by atoms with Gasteiger partial charge >= 0.3 is 0 Å². The van der Waals surface area contributed by atoms with E-state index in [1.807, 2.05) is 19.1 Å². The number of imidazole rings is 1. The van der Waals surface area contributed by atoms with Gasteiger partial charge in [-0.25, -0.2) is 4.98 Å². The van der Waals surface area contributed by atoms with E-state index in [1.165, 1.54) is 5.52 Å². The average molecular weight is 280 g/mol. The summed E-state index contributed by atoms with van der Waals surface area (Å²) in [7, 11) is 0. The molecule has 3 nitrogen and oxygen atoms in total. The van der Waals surface area contributed by atoms with Crippen LogP contribution in [-0.4, -0.2) is 22.8 Å². The molecule has 0 radical (unpaired) electrons. The predicted octanol–water partition coefficient (Wildman–Crippen LogP) is 4.13. The third kappa shape index (κ3) is 2.98. The van der Waals surface area contributed by atoms with E-state index in [4.69, 9.17) is 9.72 Å². The average Bonchev–Trinajstić information content (AvgIpc) is 2.91. The maximum atomic E-state index is 5.46. The molecule has 0 N–H and O–H groups in total. The monoisotopic (exact) mass is 280 g/mol. The van der Waals surface area contributed by atoms with Gasteiger partial charge in [0.2, 0.25) is 0 Å². The molecule has 3 heteroatoms. The Labute approximate surface area is 125 Å². The minimum absolute atomic E-state index is 0.774. The number of aromatic nitrogens is 2. The van der Waals surface area contributed by atoms with Crippen LogP contribution in [0.1, 0.15) is 13.3 Å². The molecule has 3 rings (SSSR count). The third-order valence-electron chi connectivity index (χ3n) is 3.56. The summed E-state index contributed by atoms with van der Waals surface area (Å²) >= 11 is 0. The van der Waals surface area contributed by atoms with Crippen LogP contribution in [0.3, 0.4) is 0 Å². The van der Waals surface area contributed by atoms with Crippen LogP contribution < -0.4 is 0 Å². The fraction of sp³-hybridized carbons (Fsp3) is 0.278. The Morgan fingerprint density at radius 1 is 1.00 bits per heavy atom. The highest BCUT2D eigenvalue weighted by Crippen LogP contribution is 2.24. The Hall–Kier alpha value is -2.13. The SMILES string of the molecule is CCOCCCn1c(-c2ccccc2)nc2ccccc21. The minimum Gasteiger partial charge on any atom is -0.382 e. The van der Waals surface area contributed by atoms with Crippen LogP contribution in [-0.2, 0) is 11.3 Å². The van der Waals surface area contributed by atoms with E-state index in [-0.39, 0.29) is 0 Å². The van der Waals surface area contributed by atoms with Crippen LogP contribution in [0.15, 0.2) is 54.6 Å².